The van der Waals surface area contributed by atoms with Crippen molar-refractivity contribution in [1.29, 1.82) is 0 Å². The van der Waals surface area contributed by atoms with Gasteiger partial charge in [0.05, 0.1) is 17.8 Å². The molecule has 0 bridgehead atoms. The zero-order valence-corrected chi connectivity index (χ0v) is 14.2. The molecule has 1 amide bonds. The Balaban J connectivity index is 1.92. The molecule has 1 aliphatic heterocycles. The molecule has 2 aromatic rings. The third-order valence-corrected chi connectivity index (χ3v) is 4.47. The monoisotopic (exact) mass is 316 g/mol. The fourth-order valence-electron chi connectivity index (χ4n) is 3.31. The van der Waals surface area contributed by atoms with Crippen LogP contribution < -0.4 is 5.32 Å². The van der Waals surface area contributed by atoms with Crippen molar-refractivity contribution in [2.45, 2.75) is 59.1 Å². The van der Waals surface area contributed by atoms with Gasteiger partial charge in [0.2, 0.25) is 0 Å². The molecular weight excluding hydrogens is 292 g/mol. The Labute approximate surface area is 136 Å². The van der Waals surface area contributed by atoms with Crippen LogP contribution in [0.4, 0.5) is 0 Å². The highest BCUT2D eigenvalue weighted by molar-refractivity contribution is 6.01. The Kier molecular flexibility index (Phi) is 4.35. The lowest BCUT2D eigenvalue weighted by Gasteiger charge is -2.22. The quantitative estimate of drug-likeness (QED) is 0.940. The van der Waals surface area contributed by atoms with Crippen LogP contribution in [0, 0.1) is 20.8 Å². The standard InChI is InChI=1S/C17H24N4O2/c1-5-13(14-7-6-8-23-14)19-17(22)15-12(4)20-21-11(3)9-10(2)18-16(15)21/h9,13-14H,5-8H2,1-4H3,(H,19,22)/t13-,14-/m1/s1. The highest BCUT2D eigenvalue weighted by Crippen LogP contribution is 2.20. The van der Waals surface area contributed by atoms with Crippen molar-refractivity contribution in [3.63, 3.8) is 0 Å². The number of rotatable bonds is 4. The summed E-state index contributed by atoms with van der Waals surface area (Å²) in [5.41, 5.74) is 3.75. The fourth-order valence-corrected chi connectivity index (χ4v) is 3.31. The summed E-state index contributed by atoms with van der Waals surface area (Å²) in [7, 11) is 0. The van der Waals surface area contributed by atoms with Gasteiger partial charge in [0.1, 0.15) is 5.56 Å². The number of carbonyl (C=O) groups excluding carboxylic acids is 1. The van der Waals surface area contributed by atoms with Crippen molar-refractivity contribution in [3.05, 3.63) is 28.7 Å². The highest BCUT2D eigenvalue weighted by atomic mass is 16.5. The third-order valence-electron chi connectivity index (χ3n) is 4.47. The van der Waals surface area contributed by atoms with Gasteiger partial charge in [-0.05, 0) is 46.1 Å². The molecule has 0 aromatic carbocycles. The number of amides is 1. The largest absolute Gasteiger partial charge is 0.376 e. The molecule has 3 heterocycles. The molecule has 0 radical (unpaired) electrons. The molecule has 1 aliphatic rings. The number of ether oxygens (including phenoxy) is 1. The van der Waals surface area contributed by atoms with Crippen LogP contribution in [0.1, 0.15) is 53.6 Å². The molecule has 2 atom stereocenters. The van der Waals surface area contributed by atoms with E-state index in [0.29, 0.717) is 16.9 Å². The van der Waals surface area contributed by atoms with Crippen LogP contribution in [-0.4, -0.2) is 39.3 Å². The molecule has 0 saturated carbocycles. The van der Waals surface area contributed by atoms with E-state index in [1.54, 1.807) is 4.52 Å². The van der Waals surface area contributed by atoms with Gasteiger partial charge in [0, 0.05) is 18.0 Å². The van der Waals surface area contributed by atoms with Crippen molar-refractivity contribution < 1.29 is 9.53 Å². The van der Waals surface area contributed by atoms with Crippen LogP contribution in [0.5, 0.6) is 0 Å². The summed E-state index contributed by atoms with van der Waals surface area (Å²) in [5, 5.41) is 7.59. The minimum absolute atomic E-state index is 0.0326. The van der Waals surface area contributed by atoms with E-state index in [-0.39, 0.29) is 18.1 Å². The number of aromatic nitrogens is 3. The predicted octanol–water partition coefficient (Wildman–Crippen LogP) is 2.34. The molecule has 124 valence electrons. The van der Waals surface area contributed by atoms with E-state index in [1.807, 2.05) is 26.8 Å². The van der Waals surface area contributed by atoms with E-state index in [1.165, 1.54) is 0 Å². The summed E-state index contributed by atoms with van der Waals surface area (Å²) in [5.74, 6) is -0.114. The van der Waals surface area contributed by atoms with Gasteiger partial charge in [0.15, 0.2) is 5.65 Å². The molecule has 6 nitrogen and oxygen atoms in total. The number of aryl methyl sites for hydroxylation is 3. The molecule has 0 spiro atoms. The lowest BCUT2D eigenvalue weighted by Crippen LogP contribution is -2.42. The molecule has 2 aromatic heterocycles. The minimum atomic E-state index is -0.114. The Morgan fingerprint density at radius 3 is 2.91 bits per heavy atom. The van der Waals surface area contributed by atoms with Gasteiger partial charge in [-0.3, -0.25) is 4.79 Å². The normalized spacial score (nSPS) is 19.2. The minimum Gasteiger partial charge on any atom is -0.376 e. The van der Waals surface area contributed by atoms with Gasteiger partial charge in [-0.1, -0.05) is 6.92 Å². The Hall–Kier alpha value is -1.95. The summed E-state index contributed by atoms with van der Waals surface area (Å²) in [6, 6.07) is 1.99. The Morgan fingerprint density at radius 2 is 2.26 bits per heavy atom. The first-order chi connectivity index (χ1) is 11.0. The second kappa shape index (κ2) is 6.28. The lowest BCUT2D eigenvalue weighted by atomic mass is 10.0. The molecule has 3 rings (SSSR count). The summed E-state index contributed by atoms with van der Waals surface area (Å²) in [4.78, 5) is 17.3. The Bertz CT molecular complexity index is 732. The average molecular weight is 316 g/mol. The second-order valence-electron chi connectivity index (χ2n) is 6.27. The van der Waals surface area contributed by atoms with E-state index in [9.17, 15) is 4.79 Å². The van der Waals surface area contributed by atoms with Gasteiger partial charge in [-0.25, -0.2) is 9.50 Å². The first-order valence-corrected chi connectivity index (χ1v) is 8.27. The first-order valence-electron chi connectivity index (χ1n) is 8.27. The van der Waals surface area contributed by atoms with Crippen molar-refractivity contribution in [1.82, 2.24) is 19.9 Å². The summed E-state index contributed by atoms with van der Waals surface area (Å²) < 4.78 is 7.47. The molecule has 1 saturated heterocycles. The molecule has 23 heavy (non-hydrogen) atoms. The molecule has 1 fully saturated rings. The van der Waals surface area contributed by atoms with Crippen LogP contribution in [0.15, 0.2) is 6.07 Å². The summed E-state index contributed by atoms with van der Waals surface area (Å²) in [6.45, 7) is 8.61. The average Bonchev–Trinajstić information content (AvgIpc) is 3.12. The number of carbonyl (C=O) groups is 1. The van der Waals surface area contributed by atoms with Crippen LogP contribution in [0.25, 0.3) is 5.65 Å². The van der Waals surface area contributed by atoms with Crippen LogP contribution in [0.3, 0.4) is 0 Å². The smallest absolute Gasteiger partial charge is 0.257 e. The highest BCUT2D eigenvalue weighted by Gasteiger charge is 2.28. The lowest BCUT2D eigenvalue weighted by molar-refractivity contribution is 0.0666. The number of fused-ring (bicyclic) bond motifs is 1. The van der Waals surface area contributed by atoms with Crippen molar-refractivity contribution in [3.8, 4) is 0 Å². The summed E-state index contributed by atoms with van der Waals surface area (Å²) >= 11 is 0. The van der Waals surface area contributed by atoms with Crippen molar-refractivity contribution in [2.24, 2.45) is 0 Å². The topological polar surface area (TPSA) is 68.5 Å². The van der Waals surface area contributed by atoms with Gasteiger partial charge >= 0.3 is 0 Å². The molecule has 1 N–H and O–H groups in total. The number of nitrogens with zero attached hydrogens (tertiary/aromatic N) is 3. The molecule has 0 unspecified atom stereocenters. The van der Waals surface area contributed by atoms with Crippen molar-refractivity contribution >= 4 is 11.6 Å². The van der Waals surface area contributed by atoms with E-state index in [2.05, 4.69) is 22.3 Å². The predicted molar refractivity (Wildman–Crippen MR) is 87.7 cm³/mol. The molecule has 6 heteroatoms. The fraction of sp³-hybridized carbons (Fsp3) is 0.588. The zero-order valence-electron chi connectivity index (χ0n) is 14.2. The van der Waals surface area contributed by atoms with E-state index < -0.39 is 0 Å². The van der Waals surface area contributed by atoms with E-state index in [0.717, 1.165) is 37.3 Å². The van der Waals surface area contributed by atoms with Gasteiger partial charge in [-0.15, -0.1) is 0 Å². The van der Waals surface area contributed by atoms with Crippen LogP contribution in [-0.2, 0) is 4.74 Å². The number of hydrogen-bond donors (Lipinski definition) is 1. The molecular formula is C17H24N4O2. The maximum Gasteiger partial charge on any atom is 0.257 e. The van der Waals surface area contributed by atoms with Gasteiger partial charge in [0.25, 0.3) is 5.91 Å². The van der Waals surface area contributed by atoms with Crippen molar-refractivity contribution in [2.75, 3.05) is 6.61 Å². The number of hydrogen-bond acceptors (Lipinski definition) is 4. The van der Waals surface area contributed by atoms with E-state index >= 15 is 0 Å². The molecule has 0 aliphatic carbocycles. The zero-order chi connectivity index (χ0) is 16.6. The third kappa shape index (κ3) is 2.95. The SMILES string of the molecule is CC[C@@H](NC(=O)c1c(C)nn2c(C)cc(C)nc12)[C@H]1CCCO1. The summed E-state index contributed by atoms with van der Waals surface area (Å²) in [6.07, 6.45) is 3.03. The van der Waals surface area contributed by atoms with Gasteiger partial charge < -0.3 is 10.1 Å². The van der Waals surface area contributed by atoms with Crippen LogP contribution in [0.2, 0.25) is 0 Å². The van der Waals surface area contributed by atoms with Gasteiger partial charge in [-0.2, -0.15) is 5.10 Å². The number of nitrogens with one attached hydrogen (secondary N) is 1. The first kappa shape index (κ1) is 15.9. The maximum atomic E-state index is 12.8. The second-order valence-corrected chi connectivity index (χ2v) is 6.27. The van der Waals surface area contributed by atoms with E-state index in [4.69, 9.17) is 4.74 Å². The van der Waals surface area contributed by atoms with Crippen LogP contribution >= 0.6 is 0 Å². The Morgan fingerprint density at radius 1 is 1.48 bits per heavy atom. The maximum absolute atomic E-state index is 12.8.